The first kappa shape index (κ1) is 14.5. The highest BCUT2D eigenvalue weighted by Gasteiger charge is 2.10. The molecule has 0 fully saturated rings. The van der Waals surface area contributed by atoms with E-state index in [0.717, 1.165) is 6.07 Å². The summed E-state index contributed by atoms with van der Waals surface area (Å²) in [4.78, 5) is 0. The summed E-state index contributed by atoms with van der Waals surface area (Å²) < 4.78 is 32.4. The van der Waals surface area contributed by atoms with Crippen LogP contribution in [0, 0.1) is 23.0 Å². The van der Waals surface area contributed by atoms with Gasteiger partial charge in [0.15, 0.2) is 11.6 Å². The highest BCUT2D eigenvalue weighted by atomic mass is 79.9. The van der Waals surface area contributed by atoms with Crippen molar-refractivity contribution in [1.82, 2.24) is 0 Å². The fourth-order valence-electron chi connectivity index (χ4n) is 1.77. The van der Waals surface area contributed by atoms with Gasteiger partial charge in [-0.25, -0.2) is 8.78 Å². The molecule has 0 aromatic heterocycles. The van der Waals surface area contributed by atoms with Gasteiger partial charge in [-0.2, -0.15) is 5.26 Å². The van der Waals surface area contributed by atoms with Gasteiger partial charge in [0.05, 0.1) is 11.6 Å². The Morgan fingerprint density at radius 2 is 2.00 bits per heavy atom. The van der Waals surface area contributed by atoms with Crippen molar-refractivity contribution < 1.29 is 13.5 Å². The number of alkyl halides is 1. The van der Waals surface area contributed by atoms with Crippen molar-refractivity contribution in [2.24, 2.45) is 0 Å². The monoisotopic (exact) mass is 337 g/mol. The van der Waals surface area contributed by atoms with Gasteiger partial charge in [-0.1, -0.05) is 28.1 Å². The predicted molar refractivity (Wildman–Crippen MR) is 74.5 cm³/mol. The Hall–Kier alpha value is -1.93. The van der Waals surface area contributed by atoms with Crippen LogP contribution in [0.5, 0.6) is 5.75 Å². The molecule has 0 saturated heterocycles. The maximum Gasteiger partial charge on any atom is 0.165 e. The second-order valence-electron chi connectivity index (χ2n) is 4.11. The van der Waals surface area contributed by atoms with E-state index in [1.165, 1.54) is 18.2 Å². The van der Waals surface area contributed by atoms with Crippen LogP contribution in [0.15, 0.2) is 36.4 Å². The molecule has 2 rings (SSSR count). The summed E-state index contributed by atoms with van der Waals surface area (Å²) in [7, 11) is 0. The Morgan fingerprint density at radius 1 is 1.20 bits per heavy atom. The second kappa shape index (κ2) is 6.49. The zero-order valence-electron chi connectivity index (χ0n) is 10.4. The van der Waals surface area contributed by atoms with Gasteiger partial charge in [0.25, 0.3) is 0 Å². The normalized spacial score (nSPS) is 10.1. The molecule has 0 aliphatic heterocycles. The summed E-state index contributed by atoms with van der Waals surface area (Å²) in [5.74, 6) is -0.858. The number of nitrogens with zero attached hydrogens (tertiary/aromatic N) is 1. The molecule has 5 heteroatoms. The fourth-order valence-corrected chi connectivity index (χ4v) is 2.22. The maximum absolute atomic E-state index is 13.7. The van der Waals surface area contributed by atoms with E-state index in [4.69, 9.17) is 10.00 Å². The van der Waals surface area contributed by atoms with E-state index in [9.17, 15) is 8.78 Å². The Kier molecular flexibility index (Phi) is 4.70. The molecule has 0 radical (unpaired) electrons. The molecule has 0 heterocycles. The van der Waals surface area contributed by atoms with Gasteiger partial charge in [0.2, 0.25) is 0 Å². The van der Waals surface area contributed by atoms with Crippen LogP contribution >= 0.6 is 15.9 Å². The third kappa shape index (κ3) is 3.34. The Bertz CT molecular complexity index is 667. The van der Waals surface area contributed by atoms with Crippen LogP contribution in [0.4, 0.5) is 8.78 Å². The van der Waals surface area contributed by atoms with E-state index >= 15 is 0 Å². The van der Waals surface area contributed by atoms with E-state index in [-0.39, 0.29) is 17.9 Å². The minimum atomic E-state index is -0.517. The zero-order chi connectivity index (χ0) is 14.5. The van der Waals surface area contributed by atoms with Crippen LogP contribution in [0.3, 0.4) is 0 Å². The lowest BCUT2D eigenvalue weighted by Crippen LogP contribution is -2.01. The molecule has 0 amide bonds. The van der Waals surface area contributed by atoms with Crippen molar-refractivity contribution in [1.29, 1.82) is 5.26 Å². The molecule has 2 aromatic rings. The lowest BCUT2D eigenvalue weighted by atomic mass is 10.1. The lowest BCUT2D eigenvalue weighted by molar-refractivity contribution is 0.287. The standard InChI is InChI=1S/C15H10BrF2NO/c16-7-12-2-1-3-14(18)15(12)20-9-11-4-10(8-19)5-13(17)6-11/h1-6H,7,9H2. The van der Waals surface area contributed by atoms with Crippen LogP contribution in [0.2, 0.25) is 0 Å². The Morgan fingerprint density at radius 3 is 2.70 bits per heavy atom. The molecule has 2 aromatic carbocycles. The average Bonchev–Trinajstić information content (AvgIpc) is 2.45. The highest BCUT2D eigenvalue weighted by molar-refractivity contribution is 9.08. The Labute approximate surface area is 123 Å². The topological polar surface area (TPSA) is 33.0 Å². The molecule has 0 spiro atoms. The van der Waals surface area contributed by atoms with Gasteiger partial charge in [-0.3, -0.25) is 0 Å². The predicted octanol–water partition coefficient (Wildman–Crippen LogP) is 4.31. The van der Waals surface area contributed by atoms with Gasteiger partial charge < -0.3 is 4.74 Å². The van der Waals surface area contributed by atoms with Crippen molar-refractivity contribution in [3.8, 4) is 11.8 Å². The molecule has 0 atom stereocenters. The van der Waals surface area contributed by atoms with Gasteiger partial charge in [-0.15, -0.1) is 0 Å². The summed E-state index contributed by atoms with van der Waals surface area (Å²) >= 11 is 3.25. The van der Waals surface area contributed by atoms with Crippen LogP contribution in [0.1, 0.15) is 16.7 Å². The maximum atomic E-state index is 13.7. The van der Waals surface area contributed by atoms with E-state index in [2.05, 4.69) is 15.9 Å². The fraction of sp³-hybridized carbons (Fsp3) is 0.133. The molecule has 0 saturated carbocycles. The molecular weight excluding hydrogens is 328 g/mol. The number of rotatable bonds is 4. The third-order valence-electron chi connectivity index (χ3n) is 2.66. The minimum Gasteiger partial charge on any atom is -0.486 e. The number of para-hydroxylation sites is 1. The van der Waals surface area contributed by atoms with Gasteiger partial charge in [-0.05, 0) is 29.8 Å². The van der Waals surface area contributed by atoms with E-state index in [0.29, 0.717) is 16.5 Å². The van der Waals surface area contributed by atoms with Crippen LogP contribution < -0.4 is 4.74 Å². The van der Waals surface area contributed by atoms with Crippen molar-refractivity contribution in [3.05, 3.63) is 64.7 Å². The summed E-state index contributed by atoms with van der Waals surface area (Å²) in [6.07, 6.45) is 0. The summed E-state index contributed by atoms with van der Waals surface area (Å²) in [6, 6.07) is 10.4. The summed E-state index contributed by atoms with van der Waals surface area (Å²) in [5.41, 5.74) is 1.35. The van der Waals surface area contributed by atoms with Crippen molar-refractivity contribution in [2.45, 2.75) is 11.9 Å². The molecule has 0 bridgehead atoms. The molecular formula is C15H10BrF2NO. The first-order valence-corrected chi connectivity index (χ1v) is 6.92. The number of nitriles is 1. The van der Waals surface area contributed by atoms with E-state index < -0.39 is 11.6 Å². The highest BCUT2D eigenvalue weighted by Crippen LogP contribution is 2.25. The van der Waals surface area contributed by atoms with Crippen molar-refractivity contribution in [2.75, 3.05) is 0 Å². The van der Waals surface area contributed by atoms with E-state index in [1.54, 1.807) is 12.1 Å². The summed E-state index contributed by atoms with van der Waals surface area (Å²) in [6.45, 7) is -0.00657. The van der Waals surface area contributed by atoms with Crippen LogP contribution in [0.25, 0.3) is 0 Å². The van der Waals surface area contributed by atoms with Crippen LogP contribution in [-0.4, -0.2) is 0 Å². The van der Waals surface area contributed by atoms with Gasteiger partial charge >= 0.3 is 0 Å². The third-order valence-corrected chi connectivity index (χ3v) is 3.27. The molecule has 0 aliphatic rings. The first-order valence-electron chi connectivity index (χ1n) is 5.79. The number of halogens is 3. The SMILES string of the molecule is N#Cc1cc(F)cc(COc2c(F)cccc2CBr)c1. The molecule has 102 valence electrons. The number of hydrogen-bond acceptors (Lipinski definition) is 2. The van der Waals surface area contributed by atoms with Gasteiger partial charge in [0, 0.05) is 10.9 Å². The van der Waals surface area contributed by atoms with Crippen LogP contribution in [-0.2, 0) is 11.9 Å². The van der Waals surface area contributed by atoms with Gasteiger partial charge in [0.1, 0.15) is 12.4 Å². The molecule has 0 unspecified atom stereocenters. The largest absolute Gasteiger partial charge is 0.486 e. The number of ether oxygens (including phenoxy) is 1. The molecule has 0 aliphatic carbocycles. The minimum absolute atomic E-state index is 0.00657. The average molecular weight is 338 g/mol. The Balaban J connectivity index is 2.21. The first-order chi connectivity index (χ1) is 9.63. The molecule has 2 nitrogen and oxygen atoms in total. The molecule has 20 heavy (non-hydrogen) atoms. The van der Waals surface area contributed by atoms with E-state index in [1.807, 2.05) is 6.07 Å². The van der Waals surface area contributed by atoms with Crippen molar-refractivity contribution >= 4 is 15.9 Å². The quantitative estimate of drug-likeness (QED) is 0.779. The number of hydrogen-bond donors (Lipinski definition) is 0. The summed E-state index contributed by atoms with van der Waals surface area (Å²) in [5, 5.41) is 9.23. The molecule has 0 N–H and O–H groups in total. The van der Waals surface area contributed by atoms with Crippen molar-refractivity contribution in [3.63, 3.8) is 0 Å². The smallest absolute Gasteiger partial charge is 0.165 e. The second-order valence-corrected chi connectivity index (χ2v) is 4.67. The lowest BCUT2D eigenvalue weighted by Gasteiger charge is -2.11. The number of benzene rings is 2. The zero-order valence-corrected chi connectivity index (χ0v) is 12.0.